The Morgan fingerprint density at radius 3 is 2.51 bits per heavy atom. The van der Waals surface area contributed by atoms with Gasteiger partial charge in [-0.05, 0) is 43.5 Å². The molecule has 13 heteroatoms. The number of nitrogens with zero attached hydrogens (tertiary/aromatic N) is 8. The summed E-state index contributed by atoms with van der Waals surface area (Å²) in [7, 11) is 0. The molecule has 1 aliphatic heterocycles. The average molecular weight is 485 g/mol. The summed E-state index contributed by atoms with van der Waals surface area (Å²) in [6.07, 6.45) is 1.75. The Balaban J connectivity index is 1.16. The maximum atomic E-state index is 13.1. The highest BCUT2D eigenvalue weighted by Gasteiger charge is 2.38. The number of rotatable bonds is 5. The van der Waals surface area contributed by atoms with Gasteiger partial charge in [0.15, 0.2) is 5.65 Å². The summed E-state index contributed by atoms with van der Waals surface area (Å²) < 4.78 is 42.0. The summed E-state index contributed by atoms with van der Waals surface area (Å²) in [6.45, 7) is 3.26. The predicted molar refractivity (Wildman–Crippen MR) is 119 cm³/mol. The topological polar surface area (TPSA) is 106 Å². The van der Waals surface area contributed by atoms with E-state index in [-0.39, 0.29) is 17.5 Å². The molecular formula is C22H22F3N9O. The van der Waals surface area contributed by atoms with Crippen LogP contribution < -0.4 is 10.2 Å². The number of piperidine rings is 1. The molecule has 1 amide bonds. The second kappa shape index (κ2) is 8.96. The summed E-state index contributed by atoms with van der Waals surface area (Å²) in [5, 5.41) is 13.8. The molecule has 182 valence electrons. The van der Waals surface area contributed by atoms with E-state index in [1.807, 2.05) is 34.7 Å². The fourth-order valence-corrected chi connectivity index (χ4v) is 4.11. The Hall–Kier alpha value is -4.03. The average Bonchev–Trinajstić information content (AvgIpc) is 3.48. The molecular weight excluding hydrogens is 463 g/mol. The van der Waals surface area contributed by atoms with E-state index < -0.39 is 12.0 Å². The van der Waals surface area contributed by atoms with E-state index in [0.717, 1.165) is 17.2 Å². The van der Waals surface area contributed by atoms with Crippen molar-refractivity contribution < 1.29 is 18.0 Å². The van der Waals surface area contributed by atoms with Gasteiger partial charge in [-0.15, -0.1) is 15.3 Å². The van der Waals surface area contributed by atoms with Gasteiger partial charge in [0.25, 0.3) is 5.82 Å². The van der Waals surface area contributed by atoms with Gasteiger partial charge in [-0.1, -0.05) is 6.07 Å². The molecule has 35 heavy (non-hydrogen) atoms. The second-order valence-corrected chi connectivity index (χ2v) is 8.33. The number of hydrogen-bond donors (Lipinski definition) is 1. The first kappa shape index (κ1) is 22.7. The van der Waals surface area contributed by atoms with Crippen molar-refractivity contribution in [3.05, 3.63) is 60.1 Å². The van der Waals surface area contributed by atoms with Crippen LogP contribution in [0.2, 0.25) is 0 Å². The van der Waals surface area contributed by atoms with Gasteiger partial charge in [0.05, 0.1) is 0 Å². The van der Waals surface area contributed by atoms with Crippen molar-refractivity contribution in [2.75, 3.05) is 18.0 Å². The fraction of sp³-hybridized carbons (Fsp3) is 0.364. The molecule has 0 aliphatic carbocycles. The number of alkyl halides is 3. The van der Waals surface area contributed by atoms with Crippen LogP contribution in [-0.4, -0.2) is 53.3 Å². The lowest BCUT2D eigenvalue weighted by atomic mass is 9.96. The zero-order valence-corrected chi connectivity index (χ0v) is 18.8. The van der Waals surface area contributed by atoms with E-state index in [4.69, 9.17) is 0 Å². The number of carbonyl (C=O) groups excluding carboxylic acids is 1. The van der Waals surface area contributed by atoms with Gasteiger partial charge in [0.2, 0.25) is 5.91 Å². The molecule has 0 spiro atoms. The van der Waals surface area contributed by atoms with Crippen molar-refractivity contribution in [2.24, 2.45) is 5.92 Å². The maximum Gasteiger partial charge on any atom is 0.453 e. The minimum atomic E-state index is -4.65. The Bertz CT molecular complexity index is 1340. The lowest BCUT2D eigenvalue weighted by Gasteiger charge is -2.32. The molecule has 5 rings (SSSR count). The summed E-state index contributed by atoms with van der Waals surface area (Å²) in [5.41, 5.74) is 0.905. The SMILES string of the molecule is Cc1nccn1-c1ccc(CNC(=O)C2CCN(c3ccc4nnc(C(F)(F)F)n4n3)CC2)cn1. The van der Waals surface area contributed by atoms with Gasteiger partial charge in [-0.3, -0.25) is 9.36 Å². The van der Waals surface area contributed by atoms with Crippen molar-refractivity contribution in [1.82, 2.24) is 39.7 Å². The van der Waals surface area contributed by atoms with E-state index in [0.29, 0.717) is 42.8 Å². The summed E-state index contributed by atoms with van der Waals surface area (Å²) in [4.78, 5) is 23.2. The number of nitrogens with one attached hydrogen (secondary N) is 1. The smallest absolute Gasteiger partial charge is 0.355 e. The number of fused-ring (bicyclic) bond motifs is 1. The molecule has 0 unspecified atom stereocenters. The molecule has 1 saturated heterocycles. The van der Waals surface area contributed by atoms with Gasteiger partial charge in [0, 0.05) is 44.1 Å². The molecule has 1 aliphatic rings. The molecule has 1 fully saturated rings. The van der Waals surface area contributed by atoms with Gasteiger partial charge in [-0.2, -0.15) is 17.7 Å². The summed E-state index contributed by atoms with van der Waals surface area (Å²) in [6, 6.07) is 6.86. The number of aryl methyl sites for hydroxylation is 1. The lowest BCUT2D eigenvalue weighted by Crippen LogP contribution is -2.40. The summed E-state index contributed by atoms with van der Waals surface area (Å²) in [5.74, 6) is 0.579. The lowest BCUT2D eigenvalue weighted by molar-refractivity contribution is -0.146. The fourth-order valence-electron chi connectivity index (χ4n) is 4.11. The van der Waals surface area contributed by atoms with E-state index >= 15 is 0 Å². The van der Waals surface area contributed by atoms with E-state index in [2.05, 4.69) is 30.6 Å². The maximum absolute atomic E-state index is 13.1. The number of carbonyl (C=O) groups is 1. The van der Waals surface area contributed by atoms with Crippen LogP contribution in [0.25, 0.3) is 11.5 Å². The highest BCUT2D eigenvalue weighted by atomic mass is 19.4. The van der Waals surface area contributed by atoms with Crippen LogP contribution in [0.4, 0.5) is 19.0 Å². The molecule has 0 saturated carbocycles. The third kappa shape index (κ3) is 4.66. The van der Waals surface area contributed by atoms with Crippen molar-refractivity contribution in [2.45, 2.75) is 32.5 Å². The van der Waals surface area contributed by atoms with Crippen LogP contribution in [0.1, 0.15) is 30.1 Å². The molecule has 4 aromatic heterocycles. The standard InChI is InChI=1S/C22H22F3N9O/c1-14-26-8-11-33(14)17-3-2-15(12-27-17)13-28-20(35)16-6-9-32(10-7-16)19-5-4-18-29-30-21(22(23,24)25)34(18)31-19/h2-5,8,11-12,16H,6-7,9-10,13H2,1H3,(H,28,35). The van der Waals surface area contributed by atoms with Gasteiger partial charge in [0.1, 0.15) is 17.5 Å². The second-order valence-electron chi connectivity index (χ2n) is 8.33. The highest BCUT2D eigenvalue weighted by Crippen LogP contribution is 2.28. The van der Waals surface area contributed by atoms with Crippen LogP contribution in [0.15, 0.2) is 42.9 Å². The number of hydrogen-bond acceptors (Lipinski definition) is 7. The van der Waals surface area contributed by atoms with E-state index in [9.17, 15) is 18.0 Å². The minimum Gasteiger partial charge on any atom is -0.355 e. The van der Waals surface area contributed by atoms with Crippen LogP contribution in [0.5, 0.6) is 0 Å². The van der Waals surface area contributed by atoms with Crippen LogP contribution in [0, 0.1) is 12.8 Å². The molecule has 4 aromatic rings. The minimum absolute atomic E-state index is 0.0259. The first-order valence-electron chi connectivity index (χ1n) is 11.1. The van der Waals surface area contributed by atoms with Crippen molar-refractivity contribution in [3.8, 4) is 5.82 Å². The van der Waals surface area contributed by atoms with E-state index in [1.54, 1.807) is 18.5 Å². The third-order valence-corrected chi connectivity index (χ3v) is 6.04. The van der Waals surface area contributed by atoms with Gasteiger partial charge in [-0.25, -0.2) is 9.97 Å². The van der Waals surface area contributed by atoms with Crippen LogP contribution >= 0.6 is 0 Å². The van der Waals surface area contributed by atoms with Crippen LogP contribution in [-0.2, 0) is 17.5 Å². The largest absolute Gasteiger partial charge is 0.453 e. The molecule has 1 N–H and O–H groups in total. The van der Waals surface area contributed by atoms with Crippen molar-refractivity contribution in [1.29, 1.82) is 0 Å². The van der Waals surface area contributed by atoms with E-state index in [1.165, 1.54) is 6.07 Å². The number of imidazole rings is 1. The first-order valence-corrected chi connectivity index (χ1v) is 11.1. The monoisotopic (exact) mass is 485 g/mol. The molecule has 5 heterocycles. The van der Waals surface area contributed by atoms with Gasteiger partial charge < -0.3 is 10.2 Å². The zero-order valence-electron chi connectivity index (χ0n) is 18.8. The normalized spacial score (nSPS) is 15.0. The number of pyridine rings is 1. The molecule has 0 atom stereocenters. The number of halogens is 3. The Morgan fingerprint density at radius 1 is 1.09 bits per heavy atom. The Labute approximate surface area is 197 Å². The number of amides is 1. The zero-order chi connectivity index (χ0) is 24.6. The Morgan fingerprint density at radius 2 is 1.86 bits per heavy atom. The third-order valence-electron chi connectivity index (χ3n) is 6.04. The molecule has 0 aromatic carbocycles. The van der Waals surface area contributed by atoms with Gasteiger partial charge >= 0.3 is 6.18 Å². The summed E-state index contributed by atoms with van der Waals surface area (Å²) >= 11 is 0. The first-order chi connectivity index (χ1) is 16.8. The van der Waals surface area contributed by atoms with Crippen LogP contribution in [0.3, 0.4) is 0 Å². The molecule has 0 radical (unpaired) electrons. The highest BCUT2D eigenvalue weighted by molar-refractivity contribution is 5.79. The number of anilines is 1. The van der Waals surface area contributed by atoms with Crippen molar-refractivity contribution >= 4 is 17.4 Å². The predicted octanol–water partition coefficient (Wildman–Crippen LogP) is 2.57. The van der Waals surface area contributed by atoms with Crippen molar-refractivity contribution in [3.63, 3.8) is 0 Å². The molecule has 10 nitrogen and oxygen atoms in total. The Kier molecular flexibility index (Phi) is 5.83. The number of aromatic nitrogens is 7. The quantitative estimate of drug-likeness (QED) is 0.463. The molecule has 0 bridgehead atoms.